The number of halogens is 1. The topological polar surface area (TPSA) is 200 Å². The molecule has 0 spiro atoms. The van der Waals surface area contributed by atoms with Gasteiger partial charge >= 0.3 is 11.9 Å². The van der Waals surface area contributed by atoms with Crippen molar-refractivity contribution in [2.45, 2.75) is 78.3 Å². The highest BCUT2D eigenvalue weighted by atomic mass is 35.5. The van der Waals surface area contributed by atoms with Gasteiger partial charge in [0.2, 0.25) is 11.8 Å². The average Bonchev–Trinajstić information content (AvgIpc) is 3.04. The fourth-order valence-electron chi connectivity index (χ4n) is 5.51. The highest BCUT2D eigenvalue weighted by molar-refractivity contribution is 6.30. The first-order valence-corrected chi connectivity index (χ1v) is 17.1. The number of amides is 2. The quantitative estimate of drug-likeness (QED) is 0.0625. The van der Waals surface area contributed by atoms with Gasteiger partial charge in [0.05, 0.1) is 10.8 Å². The van der Waals surface area contributed by atoms with Crippen LogP contribution in [0.2, 0.25) is 5.02 Å². The van der Waals surface area contributed by atoms with Crippen LogP contribution in [0.25, 0.3) is 0 Å². The summed E-state index contributed by atoms with van der Waals surface area (Å²) in [5.41, 5.74) is 2.38. The Balaban J connectivity index is 1.79. The highest BCUT2D eigenvalue weighted by Gasteiger charge is 2.29. The number of rotatable bonds is 18. The Morgan fingerprint density at radius 2 is 1.29 bits per heavy atom. The van der Waals surface area contributed by atoms with Crippen LogP contribution in [0.4, 0.5) is 11.4 Å². The normalized spacial score (nSPS) is 13.4. The van der Waals surface area contributed by atoms with Gasteiger partial charge in [-0.3, -0.25) is 19.7 Å². The monoisotopic (exact) mass is 735 g/mol. The number of carboxylic acid groups (broad SMARTS) is 2. The molecule has 3 unspecified atom stereocenters. The van der Waals surface area contributed by atoms with Crippen molar-refractivity contribution in [1.29, 1.82) is 0 Å². The van der Waals surface area contributed by atoms with E-state index in [9.17, 15) is 39.5 Å². The van der Waals surface area contributed by atoms with Gasteiger partial charge in [-0.1, -0.05) is 82.6 Å². The van der Waals surface area contributed by atoms with E-state index in [0.717, 1.165) is 6.20 Å². The van der Waals surface area contributed by atoms with Crippen LogP contribution in [0.1, 0.15) is 70.1 Å². The first-order chi connectivity index (χ1) is 24.4. The molecule has 3 rings (SSSR count). The molecule has 0 saturated carbocycles. The predicted molar refractivity (Wildman–Crippen MR) is 199 cm³/mol. The number of benzene rings is 3. The maximum atomic E-state index is 13.8. The lowest BCUT2D eigenvalue weighted by atomic mass is 9.88. The molecular formula is C38H46ClN5O8. The Labute approximate surface area is 308 Å². The van der Waals surface area contributed by atoms with Crippen LogP contribution >= 0.6 is 11.6 Å². The molecule has 0 saturated heterocycles. The summed E-state index contributed by atoms with van der Waals surface area (Å²) in [7, 11) is 0. The lowest BCUT2D eigenvalue weighted by Crippen LogP contribution is -2.45. The molecule has 6 N–H and O–H groups in total. The van der Waals surface area contributed by atoms with Gasteiger partial charge in [0.1, 0.15) is 12.1 Å². The van der Waals surface area contributed by atoms with Gasteiger partial charge < -0.3 is 31.5 Å². The lowest BCUT2D eigenvalue weighted by Gasteiger charge is -2.24. The van der Waals surface area contributed by atoms with E-state index >= 15 is 0 Å². The van der Waals surface area contributed by atoms with Gasteiger partial charge in [0.25, 0.3) is 6.20 Å². The van der Waals surface area contributed by atoms with E-state index in [1.54, 1.807) is 72.8 Å². The van der Waals surface area contributed by atoms with E-state index in [2.05, 4.69) is 21.3 Å². The highest BCUT2D eigenvalue weighted by Crippen LogP contribution is 2.27. The molecule has 3 atom stereocenters. The van der Waals surface area contributed by atoms with Gasteiger partial charge in [0, 0.05) is 35.7 Å². The Morgan fingerprint density at radius 3 is 1.73 bits per heavy atom. The zero-order chi connectivity index (χ0) is 38.6. The van der Waals surface area contributed by atoms with Gasteiger partial charge in [-0.2, -0.15) is 0 Å². The Morgan fingerprint density at radius 1 is 0.808 bits per heavy atom. The van der Waals surface area contributed by atoms with E-state index in [0.29, 0.717) is 39.5 Å². The fraction of sp³-hybridized carbons (Fsp3) is 0.368. The van der Waals surface area contributed by atoms with Crippen molar-refractivity contribution < 1.29 is 34.3 Å². The van der Waals surface area contributed by atoms with Crippen molar-refractivity contribution in [3.8, 4) is 0 Å². The van der Waals surface area contributed by atoms with Crippen LogP contribution in [0.5, 0.6) is 0 Å². The van der Waals surface area contributed by atoms with Crippen LogP contribution in [0.3, 0.4) is 0 Å². The van der Waals surface area contributed by atoms with Crippen molar-refractivity contribution in [1.82, 2.24) is 10.6 Å². The minimum Gasteiger partial charge on any atom is -0.480 e. The number of carbonyl (C=O) groups excluding carboxylic acids is 2. The van der Waals surface area contributed by atoms with Crippen molar-refractivity contribution in [3.63, 3.8) is 0 Å². The van der Waals surface area contributed by atoms with Crippen LogP contribution in [0.15, 0.2) is 84.8 Å². The molecule has 2 amide bonds. The Bertz CT molecular complexity index is 1750. The van der Waals surface area contributed by atoms with Gasteiger partial charge in [-0.25, -0.2) is 9.59 Å². The molecule has 0 radical (unpaired) electrons. The molecule has 52 heavy (non-hydrogen) atoms. The van der Waals surface area contributed by atoms with E-state index in [1.165, 1.54) is 0 Å². The molecule has 0 aliphatic carbocycles. The number of nitrogens with zero attached hydrogens (tertiary/aromatic N) is 1. The van der Waals surface area contributed by atoms with E-state index < -0.39 is 46.7 Å². The van der Waals surface area contributed by atoms with Crippen LogP contribution in [-0.4, -0.2) is 51.0 Å². The van der Waals surface area contributed by atoms with Crippen molar-refractivity contribution in [2.24, 2.45) is 11.3 Å². The zero-order valence-corrected chi connectivity index (χ0v) is 30.6. The average molecular weight is 736 g/mol. The third kappa shape index (κ3) is 13.7. The largest absolute Gasteiger partial charge is 0.480 e. The number of carbonyl (C=O) groups is 4. The maximum Gasteiger partial charge on any atom is 0.326 e. The maximum absolute atomic E-state index is 13.8. The lowest BCUT2D eigenvalue weighted by molar-refractivity contribution is -0.403. The second-order valence-electron chi connectivity index (χ2n) is 14.2. The summed E-state index contributed by atoms with van der Waals surface area (Å²) < 4.78 is 0. The summed E-state index contributed by atoms with van der Waals surface area (Å²) in [6.45, 7) is 9.49. The molecule has 0 aliphatic heterocycles. The molecule has 0 aliphatic rings. The second-order valence-corrected chi connectivity index (χ2v) is 14.6. The first-order valence-electron chi connectivity index (χ1n) is 16.8. The number of carboxylic acids is 2. The zero-order valence-electron chi connectivity index (χ0n) is 29.8. The summed E-state index contributed by atoms with van der Waals surface area (Å²) in [5, 5.41) is 43.0. The SMILES string of the molecule is CC(C)CC(C(=O)NC(Cc1ccccc1CC(NC(=O)CC(C)(C)C)C(=O)O)C(=O)O)c1ccc(N/C(=C\[N+](=O)[O-])Nc2ccc(Cl)cc2)cc1. The van der Waals surface area contributed by atoms with Crippen LogP contribution < -0.4 is 21.3 Å². The van der Waals surface area contributed by atoms with Crippen molar-refractivity contribution in [2.75, 3.05) is 10.6 Å². The van der Waals surface area contributed by atoms with Gasteiger partial charge in [-0.05, 0) is 70.8 Å². The second kappa shape index (κ2) is 18.7. The molecule has 14 heteroatoms. The van der Waals surface area contributed by atoms with E-state index in [4.69, 9.17) is 11.6 Å². The van der Waals surface area contributed by atoms with Crippen LogP contribution in [-0.2, 0) is 32.0 Å². The molecular weight excluding hydrogens is 690 g/mol. The Kier molecular flexibility index (Phi) is 14.7. The standard InChI is InChI=1S/C38H46ClN5O8/c1-23(2)18-30(24-10-14-28(15-11-24)40-33(22-44(51)52)41-29-16-12-27(39)13-17-29)35(46)43-32(37(49)50)20-26-9-7-6-8-25(26)19-31(36(47)48)42-34(45)21-38(3,4)5/h6-17,22-23,30-32,40-41H,18-21H2,1-5H3,(H,42,45)(H,43,46)(H,47,48)(H,49,50)/b33-22+. The molecule has 0 aromatic heterocycles. The molecule has 0 bridgehead atoms. The van der Waals surface area contributed by atoms with Gasteiger partial charge in [0.15, 0.2) is 5.82 Å². The Hall–Kier alpha value is -5.43. The fourth-order valence-corrected chi connectivity index (χ4v) is 5.63. The number of nitro groups is 1. The minimum absolute atomic E-state index is 0.0669. The third-order valence-corrected chi connectivity index (χ3v) is 8.13. The third-order valence-electron chi connectivity index (χ3n) is 7.88. The summed E-state index contributed by atoms with van der Waals surface area (Å²) in [5.74, 6) is -3.97. The molecule has 278 valence electrons. The van der Waals surface area contributed by atoms with Gasteiger partial charge in [-0.15, -0.1) is 0 Å². The molecule has 3 aromatic rings. The summed E-state index contributed by atoms with van der Waals surface area (Å²) in [6, 6.07) is 17.5. The smallest absolute Gasteiger partial charge is 0.326 e. The molecule has 0 heterocycles. The number of hydrogen-bond donors (Lipinski definition) is 6. The molecule has 0 fully saturated rings. The van der Waals surface area contributed by atoms with Crippen molar-refractivity contribution >= 4 is 46.7 Å². The number of nitrogens with one attached hydrogen (secondary N) is 4. The predicted octanol–water partition coefficient (Wildman–Crippen LogP) is 6.43. The van der Waals surface area contributed by atoms with Crippen molar-refractivity contribution in [3.05, 3.63) is 117 Å². The van der Waals surface area contributed by atoms with E-state index in [1.807, 2.05) is 34.6 Å². The summed E-state index contributed by atoms with van der Waals surface area (Å²) in [4.78, 5) is 61.5. The first kappa shape index (κ1) is 41.0. The van der Waals surface area contributed by atoms with Crippen LogP contribution in [0, 0.1) is 21.4 Å². The minimum atomic E-state index is -1.34. The summed E-state index contributed by atoms with van der Waals surface area (Å²) >= 11 is 5.94. The summed E-state index contributed by atoms with van der Waals surface area (Å²) in [6.07, 6.45) is 1.12. The molecule has 13 nitrogen and oxygen atoms in total. The molecule has 3 aromatic carbocycles. The van der Waals surface area contributed by atoms with E-state index in [-0.39, 0.29) is 36.4 Å². The number of anilines is 2. The number of hydrogen-bond acceptors (Lipinski definition) is 8. The number of aliphatic carboxylic acids is 2.